The number of carbonyl (C=O) groups is 1. The number of anilines is 1. The average molecular weight is 328 g/mol. The Morgan fingerprint density at radius 2 is 1.74 bits per heavy atom. The molecule has 1 aromatic heterocycles. The highest BCUT2D eigenvalue weighted by Gasteiger charge is 2.16. The number of pyridine rings is 1. The average Bonchev–Trinajstić information content (AvgIpc) is 2.55. The predicted molar refractivity (Wildman–Crippen MR) is 86.0 cm³/mol. The number of fused-ring (bicyclic) bond motifs is 1. The molecule has 0 saturated heterocycles. The van der Waals surface area contributed by atoms with Crippen LogP contribution in [0, 0.1) is 0 Å². The number of aromatic carboxylic acids is 1. The van der Waals surface area contributed by atoms with Crippen molar-refractivity contribution in [1.82, 2.24) is 4.98 Å². The van der Waals surface area contributed by atoms with E-state index in [9.17, 15) is 13.2 Å². The fourth-order valence-electron chi connectivity index (χ4n) is 2.17. The summed E-state index contributed by atoms with van der Waals surface area (Å²) in [6, 6.07) is 13.7. The van der Waals surface area contributed by atoms with Crippen LogP contribution in [0.5, 0.6) is 0 Å². The quantitative estimate of drug-likeness (QED) is 0.767. The summed E-state index contributed by atoms with van der Waals surface area (Å²) in [4.78, 5) is 15.0. The predicted octanol–water partition coefficient (Wildman–Crippen LogP) is 2.73. The van der Waals surface area contributed by atoms with Gasteiger partial charge in [0, 0.05) is 11.6 Å². The maximum atomic E-state index is 12.4. The minimum atomic E-state index is -3.82. The number of aromatic nitrogens is 1. The Morgan fingerprint density at radius 1 is 1.00 bits per heavy atom. The van der Waals surface area contributed by atoms with Crippen LogP contribution in [0.2, 0.25) is 0 Å². The summed E-state index contributed by atoms with van der Waals surface area (Å²) in [6.45, 7) is 0. The van der Waals surface area contributed by atoms with Crippen molar-refractivity contribution in [1.29, 1.82) is 0 Å². The molecule has 0 aliphatic heterocycles. The molecule has 2 aromatic carbocycles. The van der Waals surface area contributed by atoms with Crippen LogP contribution in [0.3, 0.4) is 0 Å². The Bertz CT molecular complexity index is 977. The first-order valence-electron chi connectivity index (χ1n) is 6.67. The van der Waals surface area contributed by atoms with E-state index in [4.69, 9.17) is 5.11 Å². The van der Waals surface area contributed by atoms with Gasteiger partial charge in [-0.15, -0.1) is 0 Å². The summed E-state index contributed by atoms with van der Waals surface area (Å²) >= 11 is 0. The van der Waals surface area contributed by atoms with E-state index < -0.39 is 16.0 Å². The van der Waals surface area contributed by atoms with Gasteiger partial charge in [0.1, 0.15) is 0 Å². The van der Waals surface area contributed by atoms with Crippen molar-refractivity contribution in [3.63, 3.8) is 0 Å². The first kappa shape index (κ1) is 15.0. The van der Waals surface area contributed by atoms with Crippen molar-refractivity contribution in [2.75, 3.05) is 4.72 Å². The number of hydrogen-bond donors (Lipinski definition) is 2. The number of rotatable bonds is 4. The Morgan fingerprint density at radius 3 is 2.43 bits per heavy atom. The van der Waals surface area contributed by atoms with Crippen LogP contribution >= 0.6 is 0 Å². The second-order valence-electron chi connectivity index (χ2n) is 4.81. The number of hydrogen-bond acceptors (Lipinski definition) is 4. The lowest BCUT2D eigenvalue weighted by atomic mass is 10.2. The first-order valence-corrected chi connectivity index (χ1v) is 8.16. The lowest BCUT2D eigenvalue weighted by Gasteiger charge is -2.10. The van der Waals surface area contributed by atoms with Gasteiger partial charge in [0.15, 0.2) is 0 Å². The van der Waals surface area contributed by atoms with Crippen LogP contribution in [0.25, 0.3) is 10.9 Å². The minimum Gasteiger partial charge on any atom is -0.478 e. The molecule has 0 aliphatic rings. The Balaban J connectivity index is 1.98. The zero-order valence-corrected chi connectivity index (χ0v) is 12.6. The molecule has 0 bridgehead atoms. The van der Waals surface area contributed by atoms with Crippen molar-refractivity contribution in [2.24, 2.45) is 0 Å². The van der Waals surface area contributed by atoms with E-state index in [1.165, 1.54) is 24.3 Å². The second kappa shape index (κ2) is 5.69. The third-order valence-corrected chi connectivity index (χ3v) is 4.68. The summed E-state index contributed by atoms with van der Waals surface area (Å²) in [5.74, 6) is -1.11. The zero-order chi connectivity index (χ0) is 16.4. The van der Waals surface area contributed by atoms with Crippen molar-refractivity contribution >= 4 is 32.6 Å². The Kier molecular flexibility index (Phi) is 3.71. The summed E-state index contributed by atoms with van der Waals surface area (Å²) in [7, 11) is -3.82. The molecule has 2 N–H and O–H groups in total. The molecule has 23 heavy (non-hydrogen) atoms. The molecule has 0 saturated carbocycles. The highest BCUT2D eigenvalue weighted by atomic mass is 32.2. The van der Waals surface area contributed by atoms with Gasteiger partial charge >= 0.3 is 5.97 Å². The maximum Gasteiger partial charge on any atom is 0.335 e. The first-order chi connectivity index (χ1) is 11.0. The molecule has 7 heteroatoms. The van der Waals surface area contributed by atoms with Gasteiger partial charge in [-0.05, 0) is 48.5 Å². The Hall–Kier alpha value is -2.93. The van der Waals surface area contributed by atoms with Gasteiger partial charge in [-0.25, -0.2) is 13.2 Å². The van der Waals surface area contributed by atoms with Gasteiger partial charge in [0.2, 0.25) is 0 Å². The van der Waals surface area contributed by atoms with Gasteiger partial charge in [-0.3, -0.25) is 9.71 Å². The highest BCUT2D eigenvalue weighted by Crippen LogP contribution is 2.24. The van der Waals surface area contributed by atoms with Crippen molar-refractivity contribution < 1.29 is 18.3 Å². The SMILES string of the molecule is O=C(O)c1ccc(S(=O)(=O)Nc2cccc3ncccc23)cc1. The van der Waals surface area contributed by atoms with Gasteiger partial charge < -0.3 is 5.11 Å². The van der Waals surface area contributed by atoms with Gasteiger partial charge in [0.05, 0.1) is 21.7 Å². The van der Waals surface area contributed by atoms with Crippen LogP contribution in [0.1, 0.15) is 10.4 Å². The molecular weight excluding hydrogens is 316 g/mol. The number of nitrogens with one attached hydrogen (secondary N) is 1. The molecule has 0 amide bonds. The van der Waals surface area contributed by atoms with Crippen molar-refractivity contribution in [3.05, 3.63) is 66.4 Å². The normalized spacial score (nSPS) is 11.3. The molecule has 6 nitrogen and oxygen atoms in total. The molecule has 0 aliphatic carbocycles. The summed E-state index contributed by atoms with van der Waals surface area (Å²) in [5.41, 5.74) is 1.12. The number of nitrogens with zero attached hydrogens (tertiary/aromatic N) is 1. The zero-order valence-electron chi connectivity index (χ0n) is 11.8. The van der Waals surface area contributed by atoms with Gasteiger partial charge in [0.25, 0.3) is 10.0 Å². The molecule has 1 heterocycles. The molecule has 0 fully saturated rings. The largest absolute Gasteiger partial charge is 0.478 e. The third kappa shape index (κ3) is 3.00. The van der Waals surface area contributed by atoms with E-state index in [0.29, 0.717) is 16.6 Å². The highest BCUT2D eigenvalue weighted by molar-refractivity contribution is 7.92. The molecule has 0 radical (unpaired) electrons. The lowest BCUT2D eigenvalue weighted by Crippen LogP contribution is -2.13. The third-order valence-electron chi connectivity index (χ3n) is 3.30. The lowest BCUT2D eigenvalue weighted by molar-refractivity contribution is 0.0696. The minimum absolute atomic E-state index is 0.0107. The standard InChI is InChI=1S/C16H12N2O4S/c19-16(20)11-6-8-12(9-7-11)23(21,22)18-15-5-1-4-14-13(15)3-2-10-17-14/h1-10,18H,(H,19,20). The topological polar surface area (TPSA) is 96.4 Å². The van der Waals surface area contributed by atoms with E-state index in [0.717, 1.165) is 0 Å². The summed E-state index contributed by atoms with van der Waals surface area (Å²) in [6.07, 6.45) is 1.63. The monoisotopic (exact) mass is 328 g/mol. The number of carboxylic acids is 1. The van der Waals surface area contributed by atoms with E-state index in [1.54, 1.807) is 36.5 Å². The van der Waals surface area contributed by atoms with E-state index in [1.807, 2.05) is 0 Å². The second-order valence-corrected chi connectivity index (χ2v) is 6.49. The number of sulfonamides is 1. The molecule has 3 aromatic rings. The van der Waals surface area contributed by atoms with Crippen LogP contribution in [-0.4, -0.2) is 24.5 Å². The Labute approximate surface area is 132 Å². The fraction of sp³-hybridized carbons (Fsp3) is 0. The molecule has 0 spiro atoms. The van der Waals surface area contributed by atoms with Crippen LogP contribution in [0.4, 0.5) is 5.69 Å². The summed E-state index contributed by atoms with van der Waals surface area (Å²) < 4.78 is 27.4. The van der Waals surface area contributed by atoms with E-state index >= 15 is 0 Å². The van der Waals surface area contributed by atoms with Gasteiger partial charge in [-0.2, -0.15) is 0 Å². The maximum absolute atomic E-state index is 12.4. The molecule has 116 valence electrons. The van der Waals surface area contributed by atoms with Crippen LogP contribution < -0.4 is 4.72 Å². The van der Waals surface area contributed by atoms with Gasteiger partial charge in [-0.1, -0.05) is 6.07 Å². The van der Waals surface area contributed by atoms with Crippen LogP contribution in [-0.2, 0) is 10.0 Å². The van der Waals surface area contributed by atoms with E-state index in [2.05, 4.69) is 9.71 Å². The molecule has 0 unspecified atom stereocenters. The van der Waals surface area contributed by atoms with E-state index in [-0.39, 0.29) is 10.5 Å². The number of carboxylic acid groups (broad SMARTS) is 1. The smallest absolute Gasteiger partial charge is 0.335 e. The molecule has 3 rings (SSSR count). The van der Waals surface area contributed by atoms with Crippen molar-refractivity contribution in [3.8, 4) is 0 Å². The molecular formula is C16H12N2O4S. The fourth-order valence-corrected chi connectivity index (χ4v) is 3.25. The summed E-state index contributed by atoms with van der Waals surface area (Å²) in [5, 5.41) is 9.54. The van der Waals surface area contributed by atoms with Crippen LogP contribution in [0.15, 0.2) is 65.7 Å². The van der Waals surface area contributed by atoms with Crippen molar-refractivity contribution in [2.45, 2.75) is 4.90 Å². The number of benzene rings is 2. The molecule has 0 atom stereocenters.